The molecule has 1 N–H and O–H groups in total. The van der Waals surface area contributed by atoms with Crippen molar-refractivity contribution in [3.8, 4) is 0 Å². The van der Waals surface area contributed by atoms with Gasteiger partial charge in [-0.3, -0.25) is 0 Å². The van der Waals surface area contributed by atoms with Gasteiger partial charge in [0.05, 0.1) is 6.10 Å². The Balaban J connectivity index is 2.21. The van der Waals surface area contributed by atoms with Gasteiger partial charge >= 0.3 is 0 Å². The molecule has 0 spiro atoms. The summed E-state index contributed by atoms with van der Waals surface area (Å²) in [5, 5.41) is 11.3. The van der Waals surface area contributed by atoms with Gasteiger partial charge in [-0.05, 0) is 50.6 Å². The topological polar surface area (TPSA) is 23.5 Å². The summed E-state index contributed by atoms with van der Waals surface area (Å²) >= 11 is 6.10. The van der Waals surface area contributed by atoms with Gasteiger partial charge in [0.25, 0.3) is 0 Å². The van der Waals surface area contributed by atoms with Crippen LogP contribution >= 0.6 is 11.6 Å². The third-order valence-corrected chi connectivity index (χ3v) is 5.30. The normalized spacial score (nSPS) is 27.9. The average Bonchev–Trinajstić information content (AvgIpc) is 2.41. The van der Waals surface area contributed by atoms with Gasteiger partial charge in [-0.1, -0.05) is 37.4 Å². The fraction of sp³-hybridized carbons (Fsp3) is 0.647. The first-order chi connectivity index (χ1) is 9.85. The van der Waals surface area contributed by atoms with Gasteiger partial charge in [-0.15, -0.1) is 0 Å². The van der Waals surface area contributed by atoms with Crippen molar-refractivity contribution in [1.82, 2.24) is 4.90 Å². The van der Waals surface area contributed by atoms with Crippen molar-refractivity contribution < 1.29 is 9.50 Å². The van der Waals surface area contributed by atoms with Crippen LogP contribution in [0.2, 0.25) is 5.02 Å². The lowest BCUT2D eigenvalue weighted by molar-refractivity contribution is -0.0424. The molecule has 0 radical (unpaired) electrons. The zero-order valence-corrected chi connectivity index (χ0v) is 13.8. The molecule has 1 aliphatic rings. The SMILES string of the molecule is CC1CCCC(C(O)Cc2ccc(F)cc2Cl)(N(C)C)C1. The minimum Gasteiger partial charge on any atom is -0.391 e. The highest BCUT2D eigenvalue weighted by Gasteiger charge is 2.43. The van der Waals surface area contributed by atoms with Crippen LogP contribution < -0.4 is 0 Å². The van der Waals surface area contributed by atoms with Crippen molar-refractivity contribution in [2.75, 3.05) is 14.1 Å². The summed E-state index contributed by atoms with van der Waals surface area (Å²) in [6.07, 6.45) is 4.29. The number of likely N-dealkylation sites (N-methyl/N-ethyl adjacent to an activating group) is 1. The van der Waals surface area contributed by atoms with E-state index < -0.39 is 6.10 Å². The number of halogens is 2. The molecule has 0 aromatic heterocycles. The second-order valence-electron chi connectivity index (χ2n) is 6.66. The quantitative estimate of drug-likeness (QED) is 0.911. The van der Waals surface area contributed by atoms with Crippen molar-refractivity contribution in [2.24, 2.45) is 5.92 Å². The van der Waals surface area contributed by atoms with Gasteiger partial charge in [0.2, 0.25) is 0 Å². The molecule has 0 aliphatic heterocycles. The van der Waals surface area contributed by atoms with E-state index in [0.717, 1.165) is 24.8 Å². The highest BCUT2D eigenvalue weighted by Crippen LogP contribution is 2.39. The van der Waals surface area contributed by atoms with E-state index in [1.165, 1.54) is 18.6 Å². The lowest BCUT2D eigenvalue weighted by Gasteiger charge is -2.48. The third kappa shape index (κ3) is 3.58. The molecule has 4 heteroatoms. The van der Waals surface area contributed by atoms with E-state index in [9.17, 15) is 9.50 Å². The standard InChI is InChI=1S/C17H25ClFNO/c1-12-5-4-8-17(11-12,20(2)3)16(21)9-13-6-7-14(19)10-15(13)18/h6-7,10,12,16,21H,4-5,8-9,11H2,1-3H3. The van der Waals surface area contributed by atoms with E-state index >= 15 is 0 Å². The van der Waals surface area contributed by atoms with Crippen LogP contribution in [0.1, 0.15) is 38.2 Å². The molecular weight excluding hydrogens is 289 g/mol. The molecule has 1 fully saturated rings. The first kappa shape index (κ1) is 16.7. The monoisotopic (exact) mass is 313 g/mol. The lowest BCUT2D eigenvalue weighted by atomic mass is 9.71. The Morgan fingerprint density at radius 3 is 2.76 bits per heavy atom. The molecule has 1 saturated carbocycles. The van der Waals surface area contributed by atoms with Crippen molar-refractivity contribution in [3.63, 3.8) is 0 Å². The zero-order valence-electron chi connectivity index (χ0n) is 13.1. The second-order valence-corrected chi connectivity index (χ2v) is 7.06. The molecule has 3 atom stereocenters. The minimum absolute atomic E-state index is 0.213. The van der Waals surface area contributed by atoms with E-state index in [1.54, 1.807) is 6.07 Å². The van der Waals surface area contributed by atoms with E-state index in [0.29, 0.717) is 17.4 Å². The third-order valence-electron chi connectivity index (χ3n) is 4.95. The molecule has 0 amide bonds. The largest absolute Gasteiger partial charge is 0.391 e. The van der Waals surface area contributed by atoms with Crippen LogP contribution in [0.15, 0.2) is 18.2 Å². The summed E-state index contributed by atoms with van der Waals surface area (Å²) in [5.74, 6) is 0.270. The maximum atomic E-state index is 13.1. The molecule has 0 heterocycles. The Labute approximate surface area is 131 Å². The summed E-state index contributed by atoms with van der Waals surface area (Å²) in [4.78, 5) is 2.16. The number of hydrogen-bond acceptors (Lipinski definition) is 2. The fourth-order valence-corrected chi connectivity index (χ4v) is 3.90. The zero-order chi connectivity index (χ0) is 15.6. The summed E-state index contributed by atoms with van der Waals surface area (Å²) in [6.45, 7) is 2.25. The summed E-state index contributed by atoms with van der Waals surface area (Å²) in [5.41, 5.74) is 0.597. The molecule has 3 unspecified atom stereocenters. The van der Waals surface area contributed by atoms with E-state index in [-0.39, 0.29) is 11.4 Å². The van der Waals surface area contributed by atoms with Gasteiger partial charge in [0.1, 0.15) is 5.82 Å². The maximum Gasteiger partial charge on any atom is 0.124 e. The van der Waals surface area contributed by atoms with Crippen molar-refractivity contribution in [3.05, 3.63) is 34.6 Å². The number of aliphatic hydroxyl groups excluding tert-OH is 1. The number of nitrogens with zero attached hydrogens (tertiary/aromatic N) is 1. The molecule has 21 heavy (non-hydrogen) atoms. The molecule has 1 aliphatic carbocycles. The summed E-state index contributed by atoms with van der Waals surface area (Å²) < 4.78 is 13.1. The van der Waals surface area contributed by atoms with E-state index in [1.807, 2.05) is 14.1 Å². The van der Waals surface area contributed by atoms with Crippen LogP contribution in [-0.4, -0.2) is 35.7 Å². The molecule has 118 valence electrons. The van der Waals surface area contributed by atoms with Crippen LogP contribution in [-0.2, 0) is 6.42 Å². The van der Waals surface area contributed by atoms with Gasteiger partial charge in [0, 0.05) is 17.0 Å². The van der Waals surface area contributed by atoms with Crippen molar-refractivity contribution in [1.29, 1.82) is 0 Å². The smallest absolute Gasteiger partial charge is 0.124 e. The first-order valence-corrected chi connectivity index (χ1v) is 8.02. The molecule has 1 aromatic carbocycles. The molecular formula is C17H25ClFNO. The highest BCUT2D eigenvalue weighted by atomic mass is 35.5. The fourth-order valence-electron chi connectivity index (χ4n) is 3.66. The lowest BCUT2D eigenvalue weighted by Crippen LogP contribution is -2.56. The Hall–Kier alpha value is -0.640. The maximum absolute atomic E-state index is 13.1. The number of benzene rings is 1. The molecule has 0 bridgehead atoms. The Morgan fingerprint density at radius 1 is 1.48 bits per heavy atom. The van der Waals surface area contributed by atoms with E-state index in [4.69, 9.17) is 11.6 Å². The Kier molecular flexibility index (Phi) is 5.29. The predicted octanol–water partition coefficient (Wildman–Crippen LogP) is 3.89. The predicted molar refractivity (Wildman–Crippen MR) is 85.2 cm³/mol. The molecule has 2 nitrogen and oxygen atoms in total. The van der Waals surface area contributed by atoms with Gasteiger partial charge in [-0.25, -0.2) is 4.39 Å². The van der Waals surface area contributed by atoms with Crippen LogP contribution in [0.4, 0.5) is 4.39 Å². The van der Waals surface area contributed by atoms with Crippen LogP contribution in [0.5, 0.6) is 0 Å². The van der Waals surface area contributed by atoms with Crippen molar-refractivity contribution >= 4 is 11.6 Å². The molecule has 0 saturated heterocycles. The van der Waals surface area contributed by atoms with Crippen LogP contribution in [0.3, 0.4) is 0 Å². The van der Waals surface area contributed by atoms with Gasteiger partial charge in [-0.2, -0.15) is 0 Å². The molecule has 2 rings (SSSR count). The summed E-state index contributed by atoms with van der Waals surface area (Å²) in [7, 11) is 4.07. The minimum atomic E-state index is -0.502. The number of hydrogen-bond donors (Lipinski definition) is 1. The number of rotatable bonds is 4. The van der Waals surface area contributed by atoms with Gasteiger partial charge < -0.3 is 10.0 Å². The summed E-state index contributed by atoms with van der Waals surface area (Å²) in [6, 6.07) is 4.39. The number of aliphatic hydroxyl groups is 1. The molecule has 1 aromatic rings. The highest BCUT2D eigenvalue weighted by molar-refractivity contribution is 6.31. The Morgan fingerprint density at radius 2 is 2.19 bits per heavy atom. The van der Waals surface area contributed by atoms with E-state index in [2.05, 4.69) is 11.8 Å². The van der Waals surface area contributed by atoms with Gasteiger partial charge in [0.15, 0.2) is 0 Å². The van der Waals surface area contributed by atoms with Crippen molar-refractivity contribution in [2.45, 2.75) is 50.7 Å². The first-order valence-electron chi connectivity index (χ1n) is 7.64. The van der Waals surface area contributed by atoms with Crippen LogP contribution in [0, 0.1) is 11.7 Å². The Bertz CT molecular complexity index is 494. The van der Waals surface area contributed by atoms with Crippen LogP contribution in [0.25, 0.3) is 0 Å². The second kappa shape index (κ2) is 6.64. The average molecular weight is 314 g/mol.